The third-order valence-electron chi connectivity index (χ3n) is 3.15. The molecule has 1 nitrogen and oxygen atoms in total. The molecule has 0 atom stereocenters. The van der Waals surface area contributed by atoms with Crippen molar-refractivity contribution in [1.82, 2.24) is 0 Å². The monoisotopic (exact) mass is 288 g/mol. The Morgan fingerprint density at radius 2 is 1.70 bits per heavy atom. The fraction of sp³-hybridized carbons (Fsp3) is 0.235. The van der Waals surface area contributed by atoms with E-state index >= 15 is 0 Å². The lowest BCUT2D eigenvalue weighted by Gasteiger charge is -2.10. The lowest BCUT2D eigenvalue weighted by Crippen LogP contribution is -2.08. The highest BCUT2D eigenvalue weighted by molar-refractivity contribution is 8.00. The van der Waals surface area contributed by atoms with Crippen molar-refractivity contribution in [3.8, 4) is 0 Å². The van der Waals surface area contributed by atoms with Crippen LogP contribution in [0.25, 0.3) is 0 Å². The van der Waals surface area contributed by atoms with Gasteiger partial charge in [0.05, 0.1) is 5.75 Å². The molecule has 0 heterocycles. The van der Waals surface area contributed by atoms with Gasteiger partial charge in [-0.15, -0.1) is 11.8 Å². The number of aryl methyl sites for hydroxylation is 3. The molecule has 0 unspecified atom stereocenters. The Kier molecular flexibility index (Phi) is 4.61. The lowest BCUT2D eigenvalue weighted by atomic mass is 9.97. The van der Waals surface area contributed by atoms with Gasteiger partial charge < -0.3 is 0 Å². The van der Waals surface area contributed by atoms with E-state index in [1.165, 1.54) is 17.8 Å². The average molecular weight is 288 g/mol. The minimum Gasteiger partial charge on any atom is -0.293 e. The molecule has 0 radical (unpaired) electrons. The van der Waals surface area contributed by atoms with E-state index < -0.39 is 0 Å². The molecule has 0 aliphatic carbocycles. The van der Waals surface area contributed by atoms with Crippen LogP contribution < -0.4 is 0 Å². The molecule has 0 aliphatic heterocycles. The number of carbonyl (C=O) groups excluding carboxylic acids is 1. The van der Waals surface area contributed by atoms with Crippen LogP contribution in [0.5, 0.6) is 0 Å². The number of hydrogen-bond acceptors (Lipinski definition) is 2. The summed E-state index contributed by atoms with van der Waals surface area (Å²) in [5.74, 6) is 0.0296. The van der Waals surface area contributed by atoms with Gasteiger partial charge in [-0.2, -0.15) is 0 Å². The summed E-state index contributed by atoms with van der Waals surface area (Å²) in [6.45, 7) is 5.91. The van der Waals surface area contributed by atoms with E-state index in [2.05, 4.69) is 0 Å². The molecule has 0 N–H and O–H groups in total. The Balaban J connectivity index is 2.16. The number of halogens is 1. The van der Waals surface area contributed by atoms with Crippen LogP contribution in [0.15, 0.2) is 41.3 Å². The molecule has 0 bridgehead atoms. The van der Waals surface area contributed by atoms with Crippen molar-refractivity contribution >= 4 is 17.5 Å². The molecule has 20 heavy (non-hydrogen) atoms. The maximum atomic E-state index is 13.5. The number of hydrogen-bond donors (Lipinski definition) is 0. The molecule has 104 valence electrons. The van der Waals surface area contributed by atoms with Crippen LogP contribution in [0.4, 0.5) is 4.39 Å². The molecule has 2 aromatic rings. The minimum atomic E-state index is -0.275. The van der Waals surface area contributed by atoms with Crippen LogP contribution in [-0.4, -0.2) is 11.5 Å². The summed E-state index contributed by atoms with van der Waals surface area (Å²) in [6.07, 6.45) is 0. The molecule has 0 saturated carbocycles. The van der Waals surface area contributed by atoms with E-state index in [0.717, 1.165) is 22.3 Å². The summed E-state index contributed by atoms with van der Waals surface area (Å²) >= 11 is 1.25. The highest BCUT2D eigenvalue weighted by Gasteiger charge is 2.14. The summed E-state index contributed by atoms with van der Waals surface area (Å²) in [6, 6.07) is 10.5. The van der Waals surface area contributed by atoms with Crippen molar-refractivity contribution in [3.63, 3.8) is 0 Å². The lowest BCUT2D eigenvalue weighted by molar-refractivity contribution is 0.102. The van der Waals surface area contributed by atoms with Gasteiger partial charge in [-0.25, -0.2) is 4.39 Å². The van der Waals surface area contributed by atoms with Gasteiger partial charge in [0.2, 0.25) is 0 Å². The number of ketones is 1. The minimum absolute atomic E-state index is 0.0493. The Morgan fingerprint density at radius 3 is 2.30 bits per heavy atom. The van der Waals surface area contributed by atoms with Crippen LogP contribution >= 0.6 is 11.8 Å². The fourth-order valence-corrected chi connectivity index (χ4v) is 3.21. The van der Waals surface area contributed by atoms with Crippen LogP contribution in [0, 0.1) is 26.6 Å². The first-order chi connectivity index (χ1) is 9.49. The van der Waals surface area contributed by atoms with Gasteiger partial charge in [0.15, 0.2) is 5.78 Å². The zero-order valence-electron chi connectivity index (χ0n) is 11.9. The maximum Gasteiger partial charge on any atom is 0.173 e. The highest BCUT2D eigenvalue weighted by atomic mass is 32.2. The first-order valence-corrected chi connectivity index (χ1v) is 7.46. The second-order valence-electron chi connectivity index (χ2n) is 4.92. The molecular weight excluding hydrogens is 271 g/mol. The fourth-order valence-electron chi connectivity index (χ4n) is 2.40. The van der Waals surface area contributed by atoms with E-state index in [1.54, 1.807) is 18.2 Å². The van der Waals surface area contributed by atoms with Crippen molar-refractivity contribution < 1.29 is 9.18 Å². The Hall–Kier alpha value is -1.61. The van der Waals surface area contributed by atoms with E-state index in [1.807, 2.05) is 32.9 Å². The number of benzene rings is 2. The van der Waals surface area contributed by atoms with Crippen LogP contribution in [-0.2, 0) is 0 Å². The second-order valence-corrected chi connectivity index (χ2v) is 5.93. The summed E-state index contributed by atoms with van der Waals surface area (Å²) in [4.78, 5) is 12.9. The van der Waals surface area contributed by atoms with E-state index in [4.69, 9.17) is 0 Å². The van der Waals surface area contributed by atoms with E-state index in [9.17, 15) is 9.18 Å². The maximum absolute atomic E-state index is 13.5. The number of rotatable bonds is 4. The summed E-state index contributed by atoms with van der Waals surface area (Å²) in [5, 5.41) is 0. The molecule has 2 rings (SSSR count). The molecule has 0 fully saturated rings. The second kappa shape index (κ2) is 6.23. The van der Waals surface area contributed by atoms with Crippen molar-refractivity contribution in [2.75, 3.05) is 5.75 Å². The SMILES string of the molecule is Cc1cc(C)c(C(=O)CSc2ccccc2F)c(C)c1. The van der Waals surface area contributed by atoms with Gasteiger partial charge in [-0.1, -0.05) is 29.8 Å². The topological polar surface area (TPSA) is 17.1 Å². The Labute approximate surface area is 123 Å². The molecule has 2 aromatic carbocycles. The van der Waals surface area contributed by atoms with E-state index in [-0.39, 0.29) is 17.4 Å². The molecule has 0 aromatic heterocycles. The molecule has 0 aliphatic rings. The molecule has 0 amide bonds. The molecule has 3 heteroatoms. The number of thioether (sulfide) groups is 1. The molecule has 0 saturated heterocycles. The normalized spacial score (nSPS) is 10.6. The summed E-state index contributed by atoms with van der Waals surface area (Å²) < 4.78 is 13.5. The molecule has 0 spiro atoms. The van der Waals surface area contributed by atoms with Crippen molar-refractivity contribution in [2.24, 2.45) is 0 Å². The Bertz CT molecular complexity index is 626. The predicted molar refractivity (Wildman–Crippen MR) is 82.1 cm³/mol. The zero-order valence-corrected chi connectivity index (χ0v) is 12.7. The van der Waals surface area contributed by atoms with Crippen LogP contribution in [0.3, 0.4) is 0 Å². The predicted octanol–water partition coefficient (Wildman–Crippen LogP) is 4.73. The smallest absolute Gasteiger partial charge is 0.173 e. The van der Waals surface area contributed by atoms with Gasteiger partial charge >= 0.3 is 0 Å². The number of carbonyl (C=O) groups is 1. The average Bonchev–Trinajstić information content (AvgIpc) is 2.36. The van der Waals surface area contributed by atoms with E-state index in [0.29, 0.717) is 4.90 Å². The third kappa shape index (κ3) is 3.28. The van der Waals surface area contributed by atoms with Crippen molar-refractivity contribution in [3.05, 3.63) is 64.5 Å². The van der Waals surface area contributed by atoms with Gasteiger partial charge in [0.25, 0.3) is 0 Å². The first kappa shape index (κ1) is 14.8. The largest absolute Gasteiger partial charge is 0.293 e. The molecular formula is C17H17FOS. The standard InChI is InChI=1S/C17H17FOS/c1-11-8-12(2)17(13(3)9-11)15(19)10-20-16-7-5-4-6-14(16)18/h4-9H,10H2,1-3H3. The highest BCUT2D eigenvalue weighted by Crippen LogP contribution is 2.24. The third-order valence-corrected chi connectivity index (χ3v) is 4.20. The zero-order chi connectivity index (χ0) is 14.7. The summed E-state index contributed by atoms with van der Waals surface area (Å²) in [5.41, 5.74) is 3.89. The van der Waals surface area contributed by atoms with Gasteiger partial charge in [0, 0.05) is 10.5 Å². The van der Waals surface area contributed by atoms with Crippen LogP contribution in [0.2, 0.25) is 0 Å². The summed E-state index contributed by atoms with van der Waals surface area (Å²) in [7, 11) is 0. The number of Topliss-reactive ketones (excluding diaryl/α,β-unsaturated/α-hetero) is 1. The van der Waals surface area contributed by atoms with Crippen molar-refractivity contribution in [1.29, 1.82) is 0 Å². The quantitative estimate of drug-likeness (QED) is 0.598. The Morgan fingerprint density at radius 1 is 1.10 bits per heavy atom. The van der Waals surface area contributed by atoms with Gasteiger partial charge in [-0.05, 0) is 44.0 Å². The van der Waals surface area contributed by atoms with Gasteiger partial charge in [-0.3, -0.25) is 4.79 Å². The van der Waals surface area contributed by atoms with Crippen LogP contribution in [0.1, 0.15) is 27.0 Å². The van der Waals surface area contributed by atoms with Crippen molar-refractivity contribution in [2.45, 2.75) is 25.7 Å². The first-order valence-electron chi connectivity index (χ1n) is 6.47. The van der Waals surface area contributed by atoms with Gasteiger partial charge in [0.1, 0.15) is 5.82 Å².